The van der Waals surface area contributed by atoms with Crippen molar-refractivity contribution in [3.05, 3.63) is 71.6 Å². The highest BCUT2D eigenvalue weighted by molar-refractivity contribution is 9.10. The van der Waals surface area contributed by atoms with E-state index in [2.05, 4.69) is 80.0 Å². The minimum absolute atomic E-state index is 0.937. The molecule has 0 saturated heterocycles. The average molecular weight is 410 g/mol. The maximum Gasteiger partial charge on any atom is 0.149 e. The number of hydrogen-bond donors (Lipinski definition) is 0. The number of nitrogens with zero attached hydrogens (tertiary/aromatic N) is 3. The molecular weight excluding hydrogens is 394 g/mol. The zero-order chi connectivity index (χ0) is 17.2. The lowest BCUT2D eigenvalue weighted by Gasteiger charge is -2.05. The van der Waals surface area contributed by atoms with Gasteiger partial charge in [-0.25, -0.2) is 9.97 Å². The fourth-order valence-corrected chi connectivity index (χ4v) is 3.92. The fraction of sp³-hybridized carbons (Fsp3) is 0.100. The molecule has 2 aromatic carbocycles. The number of thioether (sulfide) groups is 1. The summed E-state index contributed by atoms with van der Waals surface area (Å²) in [4.78, 5) is 9.13. The SMILES string of the molecule is CCSc1ncnc2c1c(-c1ccccc1)cn2-c1ccc(Br)cc1. The summed E-state index contributed by atoms with van der Waals surface area (Å²) in [6.45, 7) is 2.15. The van der Waals surface area contributed by atoms with Crippen molar-refractivity contribution in [3.8, 4) is 16.8 Å². The van der Waals surface area contributed by atoms with Gasteiger partial charge in [0.1, 0.15) is 17.0 Å². The van der Waals surface area contributed by atoms with Gasteiger partial charge in [-0.15, -0.1) is 11.8 Å². The Morgan fingerprint density at radius 2 is 1.76 bits per heavy atom. The molecule has 0 atom stereocenters. The number of benzene rings is 2. The van der Waals surface area contributed by atoms with Crippen LogP contribution in [0.5, 0.6) is 0 Å². The third-order valence-electron chi connectivity index (χ3n) is 4.02. The van der Waals surface area contributed by atoms with Crippen molar-refractivity contribution in [1.82, 2.24) is 14.5 Å². The largest absolute Gasteiger partial charge is 0.301 e. The Labute approximate surface area is 159 Å². The second kappa shape index (κ2) is 7.02. The molecule has 4 aromatic rings. The fourth-order valence-electron chi connectivity index (χ4n) is 2.92. The standard InChI is InChI=1S/C20H16BrN3S/c1-2-25-20-18-17(14-6-4-3-5-7-14)12-24(19(18)22-13-23-20)16-10-8-15(21)9-11-16/h3-13H,2H2,1H3. The number of halogens is 1. The molecule has 0 N–H and O–H groups in total. The Balaban J connectivity index is 2.02. The lowest BCUT2D eigenvalue weighted by atomic mass is 10.1. The molecule has 4 rings (SSSR count). The summed E-state index contributed by atoms with van der Waals surface area (Å²) >= 11 is 5.26. The molecule has 0 fully saturated rings. The van der Waals surface area contributed by atoms with Gasteiger partial charge in [0, 0.05) is 21.9 Å². The van der Waals surface area contributed by atoms with Crippen LogP contribution in [0, 0.1) is 0 Å². The van der Waals surface area contributed by atoms with Crippen LogP contribution in [0.25, 0.3) is 27.8 Å². The average Bonchev–Trinajstić information content (AvgIpc) is 3.04. The summed E-state index contributed by atoms with van der Waals surface area (Å²) in [5, 5.41) is 2.14. The Kier molecular flexibility index (Phi) is 4.59. The number of hydrogen-bond acceptors (Lipinski definition) is 3. The quantitative estimate of drug-likeness (QED) is 0.307. The van der Waals surface area contributed by atoms with Crippen molar-refractivity contribution < 1.29 is 0 Å². The first-order chi connectivity index (χ1) is 12.3. The summed E-state index contributed by atoms with van der Waals surface area (Å²) in [5.41, 5.74) is 4.36. The van der Waals surface area contributed by atoms with Gasteiger partial charge in [0.15, 0.2) is 0 Å². The monoisotopic (exact) mass is 409 g/mol. The predicted molar refractivity (Wildman–Crippen MR) is 108 cm³/mol. The van der Waals surface area contributed by atoms with E-state index in [1.54, 1.807) is 18.1 Å². The third kappa shape index (κ3) is 3.10. The molecule has 25 heavy (non-hydrogen) atoms. The van der Waals surface area contributed by atoms with Crippen LogP contribution >= 0.6 is 27.7 Å². The first-order valence-corrected chi connectivity index (χ1v) is 9.86. The van der Waals surface area contributed by atoms with E-state index in [4.69, 9.17) is 0 Å². The molecule has 0 unspecified atom stereocenters. The number of aromatic nitrogens is 3. The van der Waals surface area contributed by atoms with Crippen molar-refractivity contribution >= 4 is 38.7 Å². The van der Waals surface area contributed by atoms with Crippen LogP contribution in [0.15, 0.2) is 76.6 Å². The van der Waals surface area contributed by atoms with E-state index in [0.29, 0.717) is 0 Å². The minimum atomic E-state index is 0.937. The summed E-state index contributed by atoms with van der Waals surface area (Å²) in [6, 6.07) is 18.7. The van der Waals surface area contributed by atoms with Gasteiger partial charge in [0.05, 0.1) is 5.39 Å². The highest BCUT2D eigenvalue weighted by Gasteiger charge is 2.17. The van der Waals surface area contributed by atoms with Crippen molar-refractivity contribution in [2.75, 3.05) is 5.75 Å². The lowest BCUT2D eigenvalue weighted by molar-refractivity contribution is 1.04. The van der Waals surface area contributed by atoms with Gasteiger partial charge >= 0.3 is 0 Å². The van der Waals surface area contributed by atoms with Crippen LogP contribution in [-0.4, -0.2) is 20.3 Å². The van der Waals surface area contributed by atoms with Crippen molar-refractivity contribution in [3.63, 3.8) is 0 Å². The van der Waals surface area contributed by atoms with Crippen LogP contribution in [0.4, 0.5) is 0 Å². The van der Waals surface area contributed by atoms with Crippen LogP contribution in [-0.2, 0) is 0 Å². The van der Waals surface area contributed by atoms with Crippen LogP contribution < -0.4 is 0 Å². The molecule has 0 saturated carbocycles. The minimum Gasteiger partial charge on any atom is -0.301 e. The molecule has 0 aliphatic heterocycles. The number of rotatable bonds is 4. The Bertz CT molecular complexity index is 1010. The lowest BCUT2D eigenvalue weighted by Crippen LogP contribution is -1.94. The summed E-state index contributed by atoms with van der Waals surface area (Å²) in [5.74, 6) is 0.976. The van der Waals surface area contributed by atoms with Crippen LogP contribution in [0.1, 0.15) is 6.92 Å². The summed E-state index contributed by atoms with van der Waals surface area (Å²) in [6.07, 6.45) is 3.82. The molecule has 2 heterocycles. The highest BCUT2D eigenvalue weighted by atomic mass is 79.9. The maximum absolute atomic E-state index is 4.60. The Morgan fingerprint density at radius 1 is 1.00 bits per heavy atom. The summed E-state index contributed by atoms with van der Waals surface area (Å²) < 4.78 is 3.21. The van der Waals surface area contributed by atoms with Gasteiger partial charge in [0.25, 0.3) is 0 Å². The van der Waals surface area contributed by atoms with Crippen molar-refractivity contribution in [1.29, 1.82) is 0 Å². The molecule has 0 aliphatic rings. The number of fused-ring (bicyclic) bond motifs is 1. The predicted octanol–water partition coefficient (Wildman–Crippen LogP) is 5.96. The van der Waals surface area contributed by atoms with Crippen molar-refractivity contribution in [2.45, 2.75) is 11.9 Å². The maximum atomic E-state index is 4.60. The molecule has 0 amide bonds. The molecule has 0 aliphatic carbocycles. The van der Waals surface area contributed by atoms with Gasteiger partial charge < -0.3 is 4.57 Å². The molecular formula is C20H16BrN3S. The summed E-state index contributed by atoms with van der Waals surface area (Å²) in [7, 11) is 0. The Morgan fingerprint density at radius 3 is 2.48 bits per heavy atom. The molecule has 0 spiro atoms. The normalized spacial score (nSPS) is 11.1. The smallest absolute Gasteiger partial charge is 0.149 e. The second-order valence-electron chi connectivity index (χ2n) is 5.57. The third-order valence-corrected chi connectivity index (χ3v) is 5.42. The van der Waals surface area contributed by atoms with E-state index in [1.807, 2.05) is 18.2 Å². The molecule has 2 aromatic heterocycles. The van der Waals surface area contributed by atoms with Crippen molar-refractivity contribution in [2.24, 2.45) is 0 Å². The molecule has 0 bridgehead atoms. The first kappa shape index (κ1) is 16.4. The van der Waals surface area contributed by atoms with E-state index >= 15 is 0 Å². The van der Waals surface area contributed by atoms with Crippen LogP contribution in [0.2, 0.25) is 0 Å². The van der Waals surface area contributed by atoms with E-state index in [9.17, 15) is 0 Å². The van der Waals surface area contributed by atoms with E-state index in [1.165, 1.54) is 5.56 Å². The van der Waals surface area contributed by atoms with Gasteiger partial charge in [-0.05, 0) is 35.6 Å². The van der Waals surface area contributed by atoms with Gasteiger partial charge in [0.2, 0.25) is 0 Å². The van der Waals surface area contributed by atoms with E-state index in [-0.39, 0.29) is 0 Å². The van der Waals surface area contributed by atoms with E-state index in [0.717, 1.165) is 37.5 Å². The first-order valence-electron chi connectivity index (χ1n) is 8.08. The zero-order valence-electron chi connectivity index (χ0n) is 13.7. The van der Waals surface area contributed by atoms with Crippen LogP contribution in [0.3, 0.4) is 0 Å². The topological polar surface area (TPSA) is 30.7 Å². The Hall–Kier alpha value is -2.11. The van der Waals surface area contributed by atoms with E-state index < -0.39 is 0 Å². The zero-order valence-corrected chi connectivity index (χ0v) is 16.1. The van der Waals surface area contributed by atoms with Gasteiger partial charge in [-0.1, -0.05) is 53.2 Å². The van der Waals surface area contributed by atoms with Gasteiger partial charge in [-0.3, -0.25) is 0 Å². The van der Waals surface area contributed by atoms with Gasteiger partial charge in [-0.2, -0.15) is 0 Å². The second-order valence-corrected chi connectivity index (χ2v) is 7.73. The molecule has 3 nitrogen and oxygen atoms in total. The molecule has 0 radical (unpaired) electrons. The molecule has 124 valence electrons. The molecule has 5 heteroatoms. The highest BCUT2D eigenvalue weighted by Crippen LogP contribution is 2.36.